The lowest BCUT2D eigenvalue weighted by Gasteiger charge is -2.33. The number of hydrogen-bond acceptors (Lipinski definition) is 4. The van der Waals surface area contributed by atoms with Gasteiger partial charge in [0.2, 0.25) is 0 Å². The first-order valence-electron chi connectivity index (χ1n) is 13.6. The number of nitrogens with zero attached hydrogens (tertiary/aromatic N) is 3. The van der Waals surface area contributed by atoms with Crippen molar-refractivity contribution in [2.45, 2.75) is 47.5 Å². The Morgan fingerprint density at radius 1 is 0.568 bits per heavy atom. The molecule has 0 atom stereocenters. The van der Waals surface area contributed by atoms with Crippen LogP contribution in [0, 0.1) is 0 Å². The van der Waals surface area contributed by atoms with Gasteiger partial charge in [-0.05, 0) is 71.4 Å². The predicted molar refractivity (Wildman–Crippen MR) is 161 cm³/mol. The molecule has 4 rings (SSSR count). The van der Waals surface area contributed by atoms with E-state index in [0.29, 0.717) is 10.0 Å². The minimum atomic E-state index is -0.124. The maximum Gasteiger partial charge on any atom is 0.135 e. The molecule has 1 aliphatic rings. The molecule has 198 valence electrons. The fourth-order valence-electron chi connectivity index (χ4n) is 5.49. The Kier molecular flexibility index (Phi) is 8.82. The Morgan fingerprint density at radius 2 is 0.946 bits per heavy atom. The molecule has 0 unspecified atom stereocenters. The Hall–Kier alpha value is -2.56. The molecule has 1 aliphatic heterocycles. The lowest BCUT2D eigenvalue weighted by molar-refractivity contribution is 0.453. The number of fused-ring (bicyclic) bond motifs is 2. The number of benzene rings is 3. The van der Waals surface area contributed by atoms with E-state index in [1.807, 2.05) is 0 Å². The van der Waals surface area contributed by atoms with Gasteiger partial charge in [0.15, 0.2) is 0 Å². The summed E-state index contributed by atoms with van der Waals surface area (Å²) in [4.78, 5) is 6.93. The maximum absolute atomic E-state index is 7.06. The van der Waals surface area contributed by atoms with Crippen LogP contribution in [-0.2, 0) is 0 Å². The zero-order chi connectivity index (χ0) is 26.7. The van der Waals surface area contributed by atoms with Crippen molar-refractivity contribution in [2.75, 3.05) is 54.0 Å². The predicted octanol–water partition coefficient (Wildman–Crippen LogP) is 8.82. The van der Waals surface area contributed by atoms with E-state index >= 15 is 0 Å². The summed E-state index contributed by atoms with van der Waals surface area (Å²) in [6, 6.07) is 17.2. The van der Waals surface area contributed by atoms with E-state index in [9.17, 15) is 0 Å². The number of ether oxygens (including phenoxy) is 1. The summed E-state index contributed by atoms with van der Waals surface area (Å²) < 4.78 is 6.62. The summed E-state index contributed by atoms with van der Waals surface area (Å²) in [5.74, 6) is 1.47. The molecule has 0 aromatic heterocycles. The van der Waals surface area contributed by atoms with Gasteiger partial charge in [-0.3, -0.25) is 0 Å². The molecule has 0 amide bonds. The number of anilines is 3. The van der Waals surface area contributed by atoms with Crippen LogP contribution in [0.4, 0.5) is 17.1 Å². The van der Waals surface area contributed by atoms with E-state index in [4.69, 9.17) is 27.9 Å². The molecular weight excluding hydrogens is 501 g/mol. The Bertz CT molecular complexity index is 1150. The second-order valence-electron chi connectivity index (χ2n) is 9.32. The quantitative estimate of drug-likeness (QED) is 0.200. The molecule has 0 bridgehead atoms. The summed E-state index contributed by atoms with van der Waals surface area (Å²) in [6.07, 6.45) is 0. The van der Waals surface area contributed by atoms with Crippen LogP contribution in [0.15, 0.2) is 48.5 Å². The largest absolute Gasteiger partial charge is 0.456 e. The first-order chi connectivity index (χ1) is 17.9. The first kappa shape index (κ1) is 27.5. The van der Waals surface area contributed by atoms with E-state index in [0.717, 1.165) is 78.8 Å². The fourth-order valence-corrected chi connectivity index (χ4v) is 6.12. The molecule has 0 fully saturated rings. The van der Waals surface area contributed by atoms with E-state index in [1.54, 1.807) is 0 Å². The molecule has 0 saturated heterocycles. The molecule has 3 aromatic rings. The number of hydrogen-bond donors (Lipinski definition) is 0. The van der Waals surface area contributed by atoms with Gasteiger partial charge in [0.1, 0.15) is 11.5 Å². The summed E-state index contributed by atoms with van der Waals surface area (Å²) in [7, 11) is 0. The van der Waals surface area contributed by atoms with Crippen LogP contribution in [0.25, 0.3) is 0 Å². The Morgan fingerprint density at radius 3 is 1.32 bits per heavy atom. The zero-order valence-electron chi connectivity index (χ0n) is 22.9. The standard InChI is InChI=1S/C31H39Cl2N3O/c1-7-34(8-2)22-15-13-21(14-16-22)29-30-25(32)17-23(35(9-3)10-4)19-27(30)37-28-20-24(36(11-5)12-6)18-26(33)31(28)29/h13-20,29H,7-12H2,1-6H3. The van der Waals surface area contributed by atoms with Gasteiger partial charge in [-0.1, -0.05) is 35.3 Å². The van der Waals surface area contributed by atoms with Gasteiger partial charge in [0.05, 0.1) is 10.0 Å². The average molecular weight is 541 g/mol. The minimum absolute atomic E-state index is 0.124. The van der Waals surface area contributed by atoms with Crippen molar-refractivity contribution in [2.24, 2.45) is 0 Å². The fraction of sp³-hybridized carbons (Fsp3) is 0.419. The van der Waals surface area contributed by atoms with Gasteiger partial charge >= 0.3 is 0 Å². The summed E-state index contributed by atoms with van der Waals surface area (Å²) in [5.41, 5.74) is 6.44. The Balaban J connectivity index is 1.92. The lowest BCUT2D eigenvalue weighted by Crippen LogP contribution is -2.23. The highest BCUT2D eigenvalue weighted by molar-refractivity contribution is 6.33. The SMILES string of the molecule is CCN(CC)c1ccc(C2c3c(Cl)cc(N(CC)CC)cc3Oc3cc(N(CC)CC)cc(Cl)c32)cc1. The zero-order valence-corrected chi connectivity index (χ0v) is 24.5. The molecule has 0 saturated carbocycles. The molecule has 6 heteroatoms. The van der Waals surface area contributed by atoms with Gasteiger partial charge in [0, 0.05) is 85.5 Å². The third-order valence-corrected chi connectivity index (χ3v) is 8.19. The second-order valence-corrected chi connectivity index (χ2v) is 10.1. The monoisotopic (exact) mass is 539 g/mol. The number of halogens is 2. The van der Waals surface area contributed by atoms with Crippen LogP contribution < -0.4 is 19.4 Å². The van der Waals surface area contributed by atoms with Gasteiger partial charge in [-0.15, -0.1) is 0 Å². The van der Waals surface area contributed by atoms with E-state index in [2.05, 4.69) is 105 Å². The summed E-state index contributed by atoms with van der Waals surface area (Å²) in [6.45, 7) is 18.5. The van der Waals surface area contributed by atoms with Gasteiger partial charge < -0.3 is 19.4 Å². The highest BCUT2D eigenvalue weighted by Crippen LogP contribution is 2.54. The van der Waals surface area contributed by atoms with Crippen LogP contribution in [-0.4, -0.2) is 39.3 Å². The van der Waals surface area contributed by atoms with Crippen molar-refractivity contribution in [1.82, 2.24) is 0 Å². The molecule has 0 N–H and O–H groups in total. The smallest absolute Gasteiger partial charge is 0.135 e. The third kappa shape index (κ3) is 5.24. The minimum Gasteiger partial charge on any atom is -0.456 e. The number of rotatable bonds is 10. The topological polar surface area (TPSA) is 19.0 Å². The van der Waals surface area contributed by atoms with E-state index < -0.39 is 0 Å². The molecule has 0 aliphatic carbocycles. The lowest BCUT2D eigenvalue weighted by atomic mass is 9.82. The maximum atomic E-state index is 7.06. The van der Waals surface area contributed by atoms with E-state index in [1.165, 1.54) is 5.69 Å². The van der Waals surface area contributed by atoms with Gasteiger partial charge in [-0.2, -0.15) is 0 Å². The van der Waals surface area contributed by atoms with Crippen molar-refractivity contribution < 1.29 is 4.74 Å². The summed E-state index contributed by atoms with van der Waals surface area (Å²) >= 11 is 14.1. The molecule has 0 radical (unpaired) electrons. The normalized spacial score (nSPS) is 12.5. The van der Waals surface area contributed by atoms with Crippen LogP contribution >= 0.6 is 23.2 Å². The molecule has 1 heterocycles. The average Bonchev–Trinajstić information content (AvgIpc) is 2.90. The van der Waals surface area contributed by atoms with Crippen molar-refractivity contribution in [3.8, 4) is 11.5 Å². The highest BCUT2D eigenvalue weighted by Gasteiger charge is 2.34. The molecule has 0 spiro atoms. The third-order valence-electron chi connectivity index (χ3n) is 7.56. The van der Waals surface area contributed by atoms with Gasteiger partial charge in [0.25, 0.3) is 0 Å². The van der Waals surface area contributed by atoms with Crippen LogP contribution in [0.3, 0.4) is 0 Å². The van der Waals surface area contributed by atoms with Crippen LogP contribution in [0.2, 0.25) is 10.0 Å². The van der Waals surface area contributed by atoms with E-state index in [-0.39, 0.29) is 5.92 Å². The van der Waals surface area contributed by atoms with Crippen molar-refractivity contribution in [1.29, 1.82) is 0 Å². The first-order valence-corrected chi connectivity index (χ1v) is 14.3. The van der Waals surface area contributed by atoms with Crippen molar-refractivity contribution in [3.05, 3.63) is 75.3 Å². The Labute approximate surface area is 232 Å². The highest BCUT2D eigenvalue weighted by atomic mass is 35.5. The van der Waals surface area contributed by atoms with Crippen molar-refractivity contribution in [3.63, 3.8) is 0 Å². The van der Waals surface area contributed by atoms with Crippen LogP contribution in [0.1, 0.15) is 64.2 Å². The summed E-state index contributed by atoms with van der Waals surface area (Å²) in [5, 5.41) is 1.40. The van der Waals surface area contributed by atoms with Crippen LogP contribution in [0.5, 0.6) is 11.5 Å². The molecule has 4 nitrogen and oxygen atoms in total. The molecular formula is C31H39Cl2N3O. The van der Waals surface area contributed by atoms with Gasteiger partial charge in [-0.25, -0.2) is 0 Å². The molecule has 3 aromatic carbocycles. The second kappa shape index (κ2) is 11.9. The molecule has 37 heavy (non-hydrogen) atoms. The van der Waals surface area contributed by atoms with Crippen molar-refractivity contribution >= 4 is 40.3 Å².